The number of halogens is 1. The van der Waals surface area contributed by atoms with Crippen LogP contribution in [0.2, 0.25) is 5.02 Å². The number of nitrogens with one attached hydrogen (secondary N) is 2. The van der Waals surface area contributed by atoms with E-state index in [0.717, 1.165) is 5.56 Å². The number of hydrogen-bond donors (Lipinski definition) is 2. The highest BCUT2D eigenvalue weighted by molar-refractivity contribution is 7.92. The van der Waals surface area contributed by atoms with Gasteiger partial charge in [-0.25, -0.2) is 8.42 Å². The predicted octanol–water partition coefficient (Wildman–Crippen LogP) is 4.12. The van der Waals surface area contributed by atoms with Crippen LogP contribution in [0, 0.1) is 0 Å². The molecule has 0 fully saturated rings. The molecule has 0 atom stereocenters. The van der Waals surface area contributed by atoms with Crippen LogP contribution < -0.4 is 14.8 Å². The van der Waals surface area contributed by atoms with Crippen molar-refractivity contribution in [3.63, 3.8) is 0 Å². The number of carbonyl (C=O) groups is 1. The SMILES string of the molecule is COc1ccc(S(=O)(=O)Nc2ccc(Cl)cc2C(=O)NCCc2ccccc2)cc1. The summed E-state index contributed by atoms with van der Waals surface area (Å²) in [5.41, 5.74) is 1.38. The van der Waals surface area contributed by atoms with E-state index in [1.807, 2.05) is 30.3 Å². The lowest BCUT2D eigenvalue weighted by Crippen LogP contribution is -2.27. The number of hydrogen-bond acceptors (Lipinski definition) is 4. The number of anilines is 1. The maximum absolute atomic E-state index is 12.7. The first kappa shape index (κ1) is 21.7. The van der Waals surface area contributed by atoms with E-state index < -0.39 is 15.9 Å². The number of rotatable bonds is 8. The average Bonchev–Trinajstić information content (AvgIpc) is 2.75. The molecule has 0 heterocycles. The first-order valence-corrected chi connectivity index (χ1v) is 11.0. The van der Waals surface area contributed by atoms with Gasteiger partial charge < -0.3 is 10.1 Å². The molecule has 0 aliphatic rings. The summed E-state index contributed by atoms with van der Waals surface area (Å²) in [7, 11) is -2.40. The molecule has 156 valence electrons. The van der Waals surface area contributed by atoms with Crippen molar-refractivity contribution in [1.29, 1.82) is 0 Å². The Labute approximate surface area is 180 Å². The summed E-state index contributed by atoms with van der Waals surface area (Å²) in [4.78, 5) is 12.7. The zero-order valence-electron chi connectivity index (χ0n) is 16.3. The van der Waals surface area contributed by atoms with Crippen molar-refractivity contribution in [2.75, 3.05) is 18.4 Å². The van der Waals surface area contributed by atoms with Crippen LogP contribution in [-0.4, -0.2) is 28.0 Å². The molecule has 0 aromatic heterocycles. The molecule has 0 spiro atoms. The lowest BCUT2D eigenvalue weighted by molar-refractivity contribution is 0.0955. The summed E-state index contributed by atoms with van der Waals surface area (Å²) in [6.07, 6.45) is 0.653. The Balaban J connectivity index is 1.76. The van der Waals surface area contributed by atoms with Gasteiger partial charge in [0.05, 0.1) is 23.3 Å². The van der Waals surface area contributed by atoms with E-state index in [9.17, 15) is 13.2 Å². The van der Waals surface area contributed by atoms with Crippen molar-refractivity contribution < 1.29 is 17.9 Å². The molecule has 0 saturated carbocycles. The first-order valence-electron chi connectivity index (χ1n) is 9.17. The number of benzene rings is 3. The van der Waals surface area contributed by atoms with Crippen LogP contribution in [-0.2, 0) is 16.4 Å². The van der Waals surface area contributed by atoms with Gasteiger partial charge in [0.1, 0.15) is 5.75 Å². The molecule has 3 aromatic rings. The number of amides is 1. The molecule has 0 saturated heterocycles. The number of sulfonamides is 1. The maximum Gasteiger partial charge on any atom is 0.261 e. The highest BCUT2D eigenvalue weighted by Crippen LogP contribution is 2.24. The largest absolute Gasteiger partial charge is 0.497 e. The minimum Gasteiger partial charge on any atom is -0.497 e. The van der Waals surface area contributed by atoms with Crippen LogP contribution >= 0.6 is 11.6 Å². The lowest BCUT2D eigenvalue weighted by atomic mass is 10.1. The summed E-state index contributed by atoms with van der Waals surface area (Å²) < 4.78 is 33.0. The van der Waals surface area contributed by atoms with Crippen molar-refractivity contribution in [1.82, 2.24) is 5.32 Å². The average molecular weight is 445 g/mol. The third-order valence-corrected chi connectivity index (χ3v) is 6.00. The predicted molar refractivity (Wildman–Crippen MR) is 118 cm³/mol. The molecule has 6 nitrogen and oxygen atoms in total. The molecular weight excluding hydrogens is 424 g/mol. The van der Waals surface area contributed by atoms with Gasteiger partial charge in [-0.05, 0) is 54.4 Å². The molecule has 2 N–H and O–H groups in total. The van der Waals surface area contributed by atoms with E-state index in [1.54, 1.807) is 12.1 Å². The van der Waals surface area contributed by atoms with E-state index >= 15 is 0 Å². The normalized spacial score (nSPS) is 11.0. The second-order valence-corrected chi connectivity index (χ2v) is 8.58. The Morgan fingerprint density at radius 1 is 1.00 bits per heavy atom. The van der Waals surface area contributed by atoms with Crippen molar-refractivity contribution in [3.8, 4) is 5.75 Å². The zero-order valence-corrected chi connectivity index (χ0v) is 17.8. The summed E-state index contributed by atoms with van der Waals surface area (Å²) in [5, 5.41) is 3.14. The third-order valence-electron chi connectivity index (χ3n) is 4.38. The lowest BCUT2D eigenvalue weighted by Gasteiger charge is -2.14. The zero-order chi connectivity index (χ0) is 21.6. The van der Waals surface area contributed by atoms with Crippen LogP contribution in [0.1, 0.15) is 15.9 Å². The van der Waals surface area contributed by atoms with Gasteiger partial charge in [-0.3, -0.25) is 9.52 Å². The van der Waals surface area contributed by atoms with Gasteiger partial charge in [0.25, 0.3) is 15.9 Å². The third kappa shape index (κ3) is 5.52. The van der Waals surface area contributed by atoms with Gasteiger partial charge in [-0.1, -0.05) is 41.9 Å². The van der Waals surface area contributed by atoms with Crippen LogP contribution in [0.5, 0.6) is 5.75 Å². The summed E-state index contributed by atoms with van der Waals surface area (Å²) in [5.74, 6) is 0.125. The Hall–Kier alpha value is -3.03. The maximum atomic E-state index is 12.7. The van der Waals surface area contributed by atoms with E-state index in [1.165, 1.54) is 37.4 Å². The minimum absolute atomic E-state index is 0.0497. The van der Waals surface area contributed by atoms with Crippen LogP contribution in [0.3, 0.4) is 0 Å². The topological polar surface area (TPSA) is 84.5 Å². The molecule has 3 aromatic carbocycles. The van der Waals surface area contributed by atoms with Gasteiger partial charge >= 0.3 is 0 Å². The highest BCUT2D eigenvalue weighted by atomic mass is 35.5. The molecule has 3 rings (SSSR count). The quantitative estimate of drug-likeness (QED) is 0.547. The Kier molecular flexibility index (Phi) is 6.97. The molecule has 30 heavy (non-hydrogen) atoms. The van der Waals surface area contributed by atoms with E-state index in [2.05, 4.69) is 10.0 Å². The second-order valence-electron chi connectivity index (χ2n) is 6.46. The molecular formula is C22H21ClN2O4S. The van der Waals surface area contributed by atoms with Crippen molar-refractivity contribution in [2.45, 2.75) is 11.3 Å². The van der Waals surface area contributed by atoms with Gasteiger partial charge in [0, 0.05) is 11.6 Å². The molecule has 0 aliphatic heterocycles. The molecule has 0 radical (unpaired) electrons. The number of ether oxygens (including phenoxy) is 1. The summed E-state index contributed by atoms with van der Waals surface area (Å²) in [6, 6.07) is 20.1. The van der Waals surface area contributed by atoms with E-state index in [-0.39, 0.29) is 16.1 Å². The first-order chi connectivity index (χ1) is 14.4. The highest BCUT2D eigenvalue weighted by Gasteiger charge is 2.19. The van der Waals surface area contributed by atoms with Crippen molar-refractivity contribution in [2.24, 2.45) is 0 Å². The fourth-order valence-electron chi connectivity index (χ4n) is 2.81. The Bertz CT molecular complexity index is 1120. The van der Waals surface area contributed by atoms with Gasteiger partial charge in [-0.15, -0.1) is 0 Å². The van der Waals surface area contributed by atoms with Gasteiger partial charge in [0.15, 0.2) is 0 Å². The van der Waals surface area contributed by atoms with Crippen molar-refractivity contribution in [3.05, 3.63) is 88.9 Å². The monoisotopic (exact) mass is 444 g/mol. The smallest absolute Gasteiger partial charge is 0.261 e. The van der Waals surface area contributed by atoms with Gasteiger partial charge in [0.2, 0.25) is 0 Å². The van der Waals surface area contributed by atoms with E-state index in [0.29, 0.717) is 23.7 Å². The van der Waals surface area contributed by atoms with Gasteiger partial charge in [-0.2, -0.15) is 0 Å². The fraction of sp³-hybridized carbons (Fsp3) is 0.136. The summed E-state index contributed by atoms with van der Waals surface area (Å²) in [6.45, 7) is 0.403. The molecule has 1 amide bonds. The Morgan fingerprint density at radius 2 is 1.70 bits per heavy atom. The van der Waals surface area contributed by atoms with Crippen LogP contribution in [0.15, 0.2) is 77.7 Å². The van der Waals surface area contributed by atoms with Crippen molar-refractivity contribution >= 4 is 33.2 Å². The molecule has 0 aliphatic carbocycles. The minimum atomic E-state index is -3.90. The fourth-order valence-corrected chi connectivity index (χ4v) is 4.06. The van der Waals surface area contributed by atoms with Crippen LogP contribution in [0.4, 0.5) is 5.69 Å². The number of carbonyl (C=O) groups excluding carboxylic acids is 1. The molecule has 0 unspecified atom stereocenters. The number of methoxy groups -OCH3 is 1. The second kappa shape index (κ2) is 9.65. The molecule has 8 heteroatoms. The standard InChI is InChI=1S/C22H21ClN2O4S/c1-29-18-8-10-19(11-9-18)30(27,28)25-21-12-7-17(23)15-20(21)22(26)24-14-13-16-5-3-2-4-6-16/h2-12,15,25H,13-14H2,1H3,(H,24,26). The van der Waals surface area contributed by atoms with E-state index in [4.69, 9.17) is 16.3 Å². The molecule has 0 bridgehead atoms. The van der Waals surface area contributed by atoms with Crippen LogP contribution in [0.25, 0.3) is 0 Å². The summed E-state index contributed by atoms with van der Waals surface area (Å²) >= 11 is 6.04. The Morgan fingerprint density at radius 3 is 2.37 bits per heavy atom.